The van der Waals surface area contributed by atoms with Crippen LogP contribution in [0.25, 0.3) is 0 Å². The Morgan fingerprint density at radius 1 is 1.29 bits per heavy atom. The zero-order valence-corrected chi connectivity index (χ0v) is 11.0. The fourth-order valence-electron chi connectivity index (χ4n) is 2.59. The molecule has 1 atom stereocenters. The van der Waals surface area contributed by atoms with E-state index in [2.05, 4.69) is 9.97 Å². The molecule has 3 N–H and O–H groups in total. The van der Waals surface area contributed by atoms with Gasteiger partial charge in [-0.2, -0.15) is 0 Å². The summed E-state index contributed by atoms with van der Waals surface area (Å²) < 4.78 is 0. The molecule has 2 aromatic rings. The second-order valence-electron chi connectivity index (χ2n) is 4.93. The predicted molar refractivity (Wildman–Crippen MR) is 73.0 cm³/mol. The lowest BCUT2D eigenvalue weighted by Crippen LogP contribution is -2.40. The number of amides is 1. The molecule has 0 aliphatic carbocycles. The van der Waals surface area contributed by atoms with E-state index in [9.17, 15) is 19.5 Å². The van der Waals surface area contributed by atoms with E-state index in [-0.39, 0.29) is 12.2 Å². The van der Waals surface area contributed by atoms with E-state index < -0.39 is 23.5 Å². The van der Waals surface area contributed by atoms with E-state index in [1.54, 1.807) is 12.1 Å². The van der Waals surface area contributed by atoms with Gasteiger partial charge < -0.3 is 20.0 Å². The summed E-state index contributed by atoms with van der Waals surface area (Å²) in [6, 6.07) is 7.18. The molecule has 0 saturated carbocycles. The van der Waals surface area contributed by atoms with Crippen LogP contribution in [0.4, 0.5) is 0 Å². The Kier molecular flexibility index (Phi) is 3.09. The van der Waals surface area contributed by atoms with E-state index in [1.807, 2.05) is 12.1 Å². The van der Waals surface area contributed by atoms with Gasteiger partial charge in [0.15, 0.2) is 0 Å². The normalized spacial score (nSPS) is 17.3. The molecule has 1 aromatic carbocycles. The van der Waals surface area contributed by atoms with Crippen LogP contribution in [0.3, 0.4) is 0 Å². The maximum Gasteiger partial charge on any atom is 0.323 e. The Balaban J connectivity index is 1.95. The molecule has 0 radical (unpaired) electrons. The molecule has 1 aromatic heterocycles. The van der Waals surface area contributed by atoms with Crippen molar-refractivity contribution in [3.05, 3.63) is 57.8 Å². The zero-order chi connectivity index (χ0) is 15.0. The Morgan fingerprint density at radius 2 is 2.05 bits per heavy atom. The average molecular weight is 287 g/mol. The van der Waals surface area contributed by atoms with Crippen molar-refractivity contribution in [1.29, 1.82) is 0 Å². The number of rotatable bonds is 2. The fraction of sp³-hybridized carbons (Fsp3) is 0.214. The van der Waals surface area contributed by atoms with Crippen LogP contribution in [0.15, 0.2) is 35.3 Å². The van der Waals surface area contributed by atoms with Crippen LogP contribution in [0.2, 0.25) is 0 Å². The molecule has 1 amide bonds. The molecular weight excluding hydrogens is 274 g/mol. The number of nitrogens with one attached hydrogen (secondary N) is 2. The summed E-state index contributed by atoms with van der Waals surface area (Å²) in [6.45, 7) is 0.407. The molecule has 0 spiro atoms. The van der Waals surface area contributed by atoms with Crippen molar-refractivity contribution < 1.29 is 14.7 Å². The van der Waals surface area contributed by atoms with Crippen LogP contribution >= 0.6 is 0 Å². The highest BCUT2D eigenvalue weighted by atomic mass is 16.4. The summed E-state index contributed by atoms with van der Waals surface area (Å²) in [5.74, 6) is -2.12. The molecule has 7 nitrogen and oxygen atoms in total. The zero-order valence-electron chi connectivity index (χ0n) is 11.0. The monoisotopic (exact) mass is 287 g/mol. The van der Waals surface area contributed by atoms with E-state index in [1.165, 1.54) is 11.1 Å². The average Bonchev–Trinajstić information content (AvgIpc) is 2.91. The smallest absolute Gasteiger partial charge is 0.323 e. The first-order valence-corrected chi connectivity index (χ1v) is 6.44. The highest BCUT2D eigenvalue weighted by molar-refractivity contribution is 5.93. The number of aromatic amines is 2. The minimum Gasteiger partial charge on any atom is -0.481 e. The number of fused-ring (bicyclic) bond motifs is 1. The quantitative estimate of drug-likeness (QED) is 0.748. The van der Waals surface area contributed by atoms with Crippen molar-refractivity contribution in [3.8, 4) is 0 Å². The first-order chi connectivity index (χ1) is 10.1. The fourth-order valence-corrected chi connectivity index (χ4v) is 2.59. The Labute approximate surface area is 119 Å². The number of nitrogens with zero attached hydrogens (tertiary/aromatic N) is 1. The third kappa shape index (κ3) is 2.33. The van der Waals surface area contributed by atoms with Crippen LogP contribution in [0, 0.1) is 0 Å². The SMILES string of the molecule is O=C(O)C1CN(C(=O)c2c[nH]c(=O)[nH]2)Cc2ccccc21. The van der Waals surface area contributed by atoms with Gasteiger partial charge in [-0.25, -0.2) is 4.79 Å². The van der Waals surface area contributed by atoms with Gasteiger partial charge in [0.25, 0.3) is 5.91 Å². The Bertz CT molecular complexity index is 761. The Morgan fingerprint density at radius 3 is 2.71 bits per heavy atom. The molecule has 1 aliphatic rings. The van der Waals surface area contributed by atoms with Gasteiger partial charge in [0, 0.05) is 19.3 Å². The Hall–Kier alpha value is -2.83. The minimum atomic E-state index is -0.970. The number of carboxylic acids is 1. The third-order valence-electron chi connectivity index (χ3n) is 3.61. The maximum absolute atomic E-state index is 12.3. The van der Waals surface area contributed by atoms with Gasteiger partial charge in [-0.1, -0.05) is 24.3 Å². The molecule has 108 valence electrons. The van der Waals surface area contributed by atoms with Gasteiger partial charge in [-0.15, -0.1) is 0 Å². The van der Waals surface area contributed by atoms with Crippen molar-refractivity contribution in [3.63, 3.8) is 0 Å². The van der Waals surface area contributed by atoms with Crippen molar-refractivity contribution in [2.75, 3.05) is 6.54 Å². The first kappa shape index (κ1) is 13.2. The highest BCUT2D eigenvalue weighted by Gasteiger charge is 2.33. The third-order valence-corrected chi connectivity index (χ3v) is 3.61. The van der Waals surface area contributed by atoms with Gasteiger partial charge in [0.2, 0.25) is 0 Å². The molecule has 0 saturated heterocycles. The van der Waals surface area contributed by atoms with E-state index in [0.717, 1.165) is 11.1 Å². The number of aliphatic carboxylic acids is 1. The predicted octanol–water partition coefficient (Wildman–Crippen LogP) is 0.527. The summed E-state index contributed by atoms with van der Waals surface area (Å²) >= 11 is 0. The lowest BCUT2D eigenvalue weighted by Gasteiger charge is -2.32. The molecule has 0 bridgehead atoms. The molecule has 21 heavy (non-hydrogen) atoms. The lowest BCUT2D eigenvalue weighted by molar-refractivity contribution is -0.139. The van der Waals surface area contributed by atoms with Gasteiger partial charge in [-0.3, -0.25) is 9.59 Å². The van der Waals surface area contributed by atoms with Crippen molar-refractivity contribution in [2.24, 2.45) is 0 Å². The summed E-state index contributed by atoms with van der Waals surface area (Å²) in [5.41, 5.74) is 1.20. The van der Waals surface area contributed by atoms with Gasteiger partial charge in [-0.05, 0) is 11.1 Å². The maximum atomic E-state index is 12.3. The molecule has 1 unspecified atom stereocenters. The van der Waals surface area contributed by atoms with Gasteiger partial charge >= 0.3 is 11.7 Å². The second-order valence-corrected chi connectivity index (χ2v) is 4.93. The highest BCUT2D eigenvalue weighted by Crippen LogP contribution is 2.29. The second kappa shape index (κ2) is 4.93. The van der Waals surface area contributed by atoms with Crippen LogP contribution in [0.1, 0.15) is 27.5 Å². The van der Waals surface area contributed by atoms with Crippen molar-refractivity contribution in [1.82, 2.24) is 14.9 Å². The topological polar surface area (TPSA) is 106 Å². The summed E-state index contributed by atoms with van der Waals surface area (Å²) in [7, 11) is 0. The largest absolute Gasteiger partial charge is 0.481 e. The van der Waals surface area contributed by atoms with Gasteiger partial charge in [0.05, 0.1) is 5.92 Å². The van der Waals surface area contributed by atoms with Crippen LogP contribution in [-0.4, -0.2) is 38.4 Å². The molecule has 2 heterocycles. The number of benzene rings is 1. The first-order valence-electron chi connectivity index (χ1n) is 6.44. The van der Waals surface area contributed by atoms with Crippen molar-refractivity contribution in [2.45, 2.75) is 12.5 Å². The number of imidazole rings is 1. The lowest BCUT2D eigenvalue weighted by atomic mass is 9.89. The van der Waals surface area contributed by atoms with Crippen LogP contribution < -0.4 is 5.69 Å². The molecular formula is C14H13N3O4. The number of aromatic nitrogens is 2. The summed E-state index contributed by atoms with van der Waals surface area (Å²) in [4.78, 5) is 41.0. The number of hydrogen-bond donors (Lipinski definition) is 3. The van der Waals surface area contributed by atoms with Crippen molar-refractivity contribution >= 4 is 11.9 Å². The number of H-pyrrole nitrogens is 2. The molecule has 0 fully saturated rings. The number of carbonyl (C=O) groups is 2. The van der Waals surface area contributed by atoms with E-state index in [4.69, 9.17) is 0 Å². The molecule has 3 rings (SSSR count). The van der Waals surface area contributed by atoms with E-state index >= 15 is 0 Å². The number of hydrogen-bond acceptors (Lipinski definition) is 3. The van der Waals surface area contributed by atoms with Gasteiger partial charge in [0.1, 0.15) is 5.69 Å². The number of carbonyl (C=O) groups excluding carboxylic acids is 1. The number of carboxylic acid groups (broad SMARTS) is 1. The standard InChI is InChI=1S/C14H13N3O4/c18-12(11-5-15-14(21)16-11)17-6-8-3-1-2-4-9(8)10(7-17)13(19)20/h1-5,10H,6-7H2,(H,19,20)(H2,15,16,21). The van der Waals surface area contributed by atoms with E-state index in [0.29, 0.717) is 6.54 Å². The summed E-state index contributed by atoms with van der Waals surface area (Å²) in [6.07, 6.45) is 1.29. The molecule has 7 heteroatoms. The van der Waals surface area contributed by atoms with Crippen LogP contribution in [-0.2, 0) is 11.3 Å². The summed E-state index contributed by atoms with van der Waals surface area (Å²) in [5, 5.41) is 9.36. The molecule has 1 aliphatic heterocycles. The van der Waals surface area contributed by atoms with Crippen LogP contribution in [0.5, 0.6) is 0 Å². The minimum absolute atomic E-state index is 0.0817.